The molecule has 0 saturated carbocycles. The summed E-state index contributed by atoms with van der Waals surface area (Å²) in [5, 5.41) is 9.27. The maximum atomic E-state index is 12.4. The summed E-state index contributed by atoms with van der Waals surface area (Å²) in [4.78, 5) is 16.9. The standard InChI is InChI=1S/C15H20N2O2/c18-14-6-4-12(5-7-14)15(19)17-10-9-16-8-2-1-3-13(16)11-17/h4-7,13,18H,1-3,8-11H2. The number of phenolic OH excluding ortho intramolecular Hbond substituents is 1. The first kappa shape index (κ1) is 12.5. The summed E-state index contributed by atoms with van der Waals surface area (Å²) in [5.41, 5.74) is 0.669. The molecule has 4 heteroatoms. The fourth-order valence-electron chi connectivity index (χ4n) is 3.13. The van der Waals surface area contributed by atoms with Crippen molar-refractivity contribution in [1.82, 2.24) is 9.80 Å². The zero-order valence-corrected chi connectivity index (χ0v) is 11.1. The highest BCUT2D eigenvalue weighted by atomic mass is 16.3. The van der Waals surface area contributed by atoms with Gasteiger partial charge < -0.3 is 10.0 Å². The van der Waals surface area contributed by atoms with Crippen molar-refractivity contribution in [3.8, 4) is 5.75 Å². The zero-order chi connectivity index (χ0) is 13.2. The topological polar surface area (TPSA) is 43.8 Å². The van der Waals surface area contributed by atoms with Gasteiger partial charge in [-0.3, -0.25) is 9.69 Å². The minimum atomic E-state index is 0.0882. The van der Waals surface area contributed by atoms with Crippen molar-refractivity contribution < 1.29 is 9.90 Å². The van der Waals surface area contributed by atoms with Gasteiger partial charge in [-0.15, -0.1) is 0 Å². The maximum absolute atomic E-state index is 12.4. The molecule has 0 aromatic heterocycles. The van der Waals surface area contributed by atoms with Crippen LogP contribution in [-0.2, 0) is 0 Å². The minimum absolute atomic E-state index is 0.0882. The zero-order valence-electron chi connectivity index (χ0n) is 11.1. The predicted molar refractivity (Wildman–Crippen MR) is 73.2 cm³/mol. The van der Waals surface area contributed by atoms with E-state index in [4.69, 9.17) is 0 Å². The number of rotatable bonds is 1. The summed E-state index contributed by atoms with van der Waals surface area (Å²) in [5.74, 6) is 0.291. The highest BCUT2D eigenvalue weighted by molar-refractivity contribution is 5.94. The normalized spacial score (nSPS) is 24.0. The molecule has 1 unspecified atom stereocenters. The number of aromatic hydroxyl groups is 1. The van der Waals surface area contributed by atoms with Gasteiger partial charge in [0, 0.05) is 31.2 Å². The third kappa shape index (κ3) is 2.59. The summed E-state index contributed by atoms with van der Waals surface area (Å²) in [6.07, 6.45) is 3.78. The molecule has 1 aromatic rings. The molecule has 3 rings (SSSR count). The van der Waals surface area contributed by atoms with Crippen LogP contribution >= 0.6 is 0 Å². The molecule has 4 nitrogen and oxygen atoms in total. The molecule has 2 heterocycles. The Labute approximate surface area is 113 Å². The van der Waals surface area contributed by atoms with Crippen LogP contribution in [0.4, 0.5) is 0 Å². The van der Waals surface area contributed by atoms with E-state index in [1.165, 1.54) is 25.8 Å². The number of phenols is 1. The lowest BCUT2D eigenvalue weighted by atomic mass is 9.99. The SMILES string of the molecule is O=C(c1ccc(O)cc1)N1CCN2CCCCC2C1. The number of fused-ring (bicyclic) bond motifs is 1. The van der Waals surface area contributed by atoms with Gasteiger partial charge in [0.05, 0.1) is 0 Å². The third-order valence-corrected chi connectivity index (χ3v) is 4.24. The van der Waals surface area contributed by atoms with E-state index in [9.17, 15) is 9.90 Å². The number of hydrogen-bond acceptors (Lipinski definition) is 3. The van der Waals surface area contributed by atoms with Crippen LogP contribution in [0.3, 0.4) is 0 Å². The van der Waals surface area contributed by atoms with Crippen LogP contribution in [0.25, 0.3) is 0 Å². The maximum Gasteiger partial charge on any atom is 0.253 e. The van der Waals surface area contributed by atoms with E-state index in [0.717, 1.165) is 19.6 Å². The molecule has 1 amide bonds. The van der Waals surface area contributed by atoms with E-state index in [2.05, 4.69) is 4.90 Å². The van der Waals surface area contributed by atoms with E-state index in [1.54, 1.807) is 24.3 Å². The Morgan fingerprint density at radius 2 is 1.89 bits per heavy atom. The summed E-state index contributed by atoms with van der Waals surface area (Å²) in [7, 11) is 0. The van der Waals surface area contributed by atoms with Gasteiger partial charge in [0.2, 0.25) is 0 Å². The fourth-order valence-corrected chi connectivity index (χ4v) is 3.13. The molecule has 102 valence electrons. The highest BCUT2D eigenvalue weighted by Gasteiger charge is 2.31. The third-order valence-electron chi connectivity index (χ3n) is 4.24. The van der Waals surface area contributed by atoms with Crippen molar-refractivity contribution >= 4 is 5.91 Å². The molecule has 2 aliphatic rings. The molecule has 2 saturated heterocycles. The number of piperazine rings is 1. The van der Waals surface area contributed by atoms with Crippen molar-refractivity contribution in [3.63, 3.8) is 0 Å². The van der Waals surface area contributed by atoms with E-state index < -0.39 is 0 Å². The van der Waals surface area contributed by atoms with Crippen molar-refractivity contribution in [2.24, 2.45) is 0 Å². The average Bonchev–Trinajstić information content (AvgIpc) is 2.47. The molecule has 2 fully saturated rings. The molecule has 2 aliphatic heterocycles. The number of carbonyl (C=O) groups is 1. The summed E-state index contributed by atoms with van der Waals surface area (Å²) < 4.78 is 0. The molecule has 1 N–H and O–H groups in total. The Bertz CT molecular complexity index is 458. The van der Waals surface area contributed by atoms with Gasteiger partial charge in [0.15, 0.2) is 0 Å². The molecule has 1 aromatic carbocycles. The van der Waals surface area contributed by atoms with Gasteiger partial charge >= 0.3 is 0 Å². The van der Waals surface area contributed by atoms with Crippen molar-refractivity contribution in [2.45, 2.75) is 25.3 Å². The van der Waals surface area contributed by atoms with E-state index in [-0.39, 0.29) is 11.7 Å². The van der Waals surface area contributed by atoms with Gasteiger partial charge in [-0.25, -0.2) is 0 Å². The van der Waals surface area contributed by atoms with E-state index in [0.29, 0.717) is 11.6 Å². The second kappa shape index (κ2) is 5.21. The smallest absolute Gasteiger partial charge is 0.253 e. The number of benzene rings is 1. The molecule has 0 spiro atoms. The number of piperidine rings is 1. The van der Waals surface area contributed by atoms with Crippen LogP contribution in [0.5, 0.6) is 5.75 Å². The van der Waals surface area contributed by atoms with Crippen LogP contribution in [0, 0.1) is 0 Å². The summed E-state index contributed by atoms with van der Waals surface area (Å²) >= 11 is 0. The highest BCUT2D eigenvalue weighted by Crippen LogP contribution is 2.22. The number of hydrogen-bond donors (Lipinski definition) is 1. The Kier molecular flexibility index (Phi) is 3.42. The number of amides is 1. The Hall–Kier alpha value is -1.55. The minimum Gasteiger partial charge on any atom is -0.508 e. The van der Waals surface area contributed by atoms with Gasteiger partial charge in [-0.1, -0.05) is 6.42 Å². The van der Waals surface area contributed by atoms with Gasteiger partial charge in [0.1, 0.15) is 5.75 Å². The Morgan fingerprint density at radius 3 is 2.68 bits per heavy atom. The van der Waals surface area contributed by atoms with Gasteiger partial charge in [-0.05, 0) is 43.7 Å². The number of nitrogens with zero attached hydrogens (tertiary/aromatic N) is 2. The quantitative estimate of drug-likeness (QED) is 0.836. The van der Waals surface area contributed by atoms with E-state index in [1.807, 2.05) is 4.90 Å². The van der Waals surface area contributed by atoms with Gasteiger partial charge in [-0.2, -0.15) is 0 Å². The monoisotopic (exact) mass is 260 g/mol. The van der Waals surface area contributed by atoms with Crippen LogP contribution < -0.4 is 0 Å². The van der Waals surface area contributed by atoms with Crippen molar-refractivity contribution in [3.05, 3.63) is 29.8 Å². The Balaban J connectivity index is 1.69. The first-order chi connectivity index (χ1) is 9.24. The van der Waals surface area contributed by atoms with Crippen LogP contribution in [-0.4, -0.2) is 53.0 Å². The van der Waals surface area contributed by atoms with Gasteiger partial charge in [0.25, 0.3) is 5.91 Å². The molecule has 1 atom stereocenters. The molecule has 19 heavy (non-hydrogen) atoms. The summed E-state index contributed by atoms with van der Waals surface area (Å²) in [6.45, 7) is 3.84. The predicted octanol–water partition coefficient (Wildman–Crippen LogP) is 1.70. The van der Waals surface area contributed by atoms with E-state index >= 15 is 0 Å². The second-order valence-corrected chi connectivity index (χ2v) is 5.48. The molecular formula is C15H20N2O2. The summed E-state index contributed by atoms with van der Waals surface area (Å²) in [6, 6.07) is 7.09. The van der Waals surface area contributed by atoms with Crippen LogP contribution in [0.1, 0.15) is 29.6 Å². The lowest BCUT2D eigenvalue weighted by molar-refractivity contribution is 0.0372. The number of carbonyl (C=O) groups excluding carboxylic acids is 1. The van der Waals surface area contributed by atoms with Crippen LogP contribution in [0.15, 0.2) is 24.3 Å². The lowest BCUT2D eigenvalue weighted by Gasteiger charge is -2.44. The fraction of sp³-hybridized carbons (Fsp3) is 0.533. The molecule has 0 aliphatic carbocycles. The molecular weight excluding hydrogens is 240 g/mol. The molecule has 0 bridgehead atoms. The lowest BCUT2D eigenvalue weighted by Crippen LogP contribution is -2.56. The average molecular weight is 260 g/mol. The first-order valence-corrected chi connectivity index (χ1v) is 7.06. The largest absolute Gasteiger partial charge is 0.508 e. The second-order valence-electron chi connectivity index (χ2n) is 5.48. The molecule has 0 radical (unpaired) electrons. The van der Waals surface area contributed by atoms with Crippen molar-refractivity contribution in [2.75, 3.05) is 26.2 Å². The Morgan fingerprint density at radius 1 is 1.11 bits per heavy atom. The van der Waals surface area contributed by atoms with Crippen LogP contribution in [0.2, 0.25) is 0 Å². The van der Waals surface area contributed by atoms with Crippen molar-refractivity contribution in [1.29, 1.82) is 0 Å². The first-order valence-electron chi connectivity index (χ1n) is 7.06.